The standard InChI is InChI=1S/C21H27N3O2/c1-23-12-4-5-18-13-17(8-11-20(18)23)14-22-21(25)24(2)15-16-6-9-19(26-3)10-7-16/h6-11,13H,4-5,12,14-15H2,1-3H3,(H,22,25). The predicted molar refractivity (Wildman–Crippen MR) is 105 cm³/mol. The Bertz CT molecular complexity index is 758. The molecule has 0 aromatic heterocycles. The van der Waals surface area contributed by atoms with Gasteiger partial charge < -0.3 is 19.9 Å². The number of hydrogen-bond acceptors (Lipinski definition) is 3. The van der Waals surface area contributed by atoms with E-state index in [1.54, 1.807) is 19.1 Å². The number of benzene rings is 2. The van der Waals surface area contributed by atoms with Crippen LogP contribution in [-0.4, -0.2) is 38.7 Å². The first-order valence-corrected chi connectivity index (χ1v) is 9.01. The quantitative estimate of drug-likeness (QED) is 0.896. The van der Waals surface area contributed by atoms with Crippen molar-refractivity contribution in [3.05, 3.63) is 59.2 Å². The molecule has 0 radical (unpaired) electrons. The summed E-state index contributed by atoms with van der Waals surface area (Å²) >= 11 is 0. The summed E-state index contributed by atoms with van der Waals surface area (Å²) in [5.74, 6) is 0.818. The molecule has 2 amide bonds. The maximum atomic E-state index is 12.4. The summed E-state index contributed by atoms with van der Waals surface area (Å²) in [6, 6.07) is 14.2. The Balaban J connectivity index is 1.54. The largest absolute Gasteiger partial charge is 0.497 e. The van der Waals surface area contributed by atoms with Crippen molar-refractivity contribution in [2.75, 3.05) is 32.6 Å². The summed E-state index contributed by atoms with van der Waals surface area (Å²) in [7, 11) is 5.59. The van der Waals surface area contributed by atoms with Gasteiger partial charge in [-0.05, 0) is 47.7 Å². The van der Waals surface area contributed by atoms with Crippen molar-refractivity contribution >= 4 is 11.7 Å². The Morgan fingerprint density at radius 3 is 2.65 bits per heavy atom. The van der Waals surface area contributed by atoms with Gasteiger partial charge in [-0.3, -0.25) is 0 Å². The van der Waals surface area contributed by atoms with Crippen molar-refractivity contribution < 1.29 is 9.53 Å². The van der Waals surface area contributed by atoms with Crippen LogP contribution in [0.2, 0.25) is 0 Å². The first kappa shape index (κ1) is 18.1. The number of amides is 2. The van der Waals surface area contributed by atoms with E-state index in [2.05, 4.69) is 35.5 Å². The molecule has 1 N–H and O–H groups in total. The summed E-state index contributed by atoms with van der Waals surface area (Å²) in [4.78, 5) is 16.4. The molecule has 0 saturated carbocycles. The first-order valence-electron chi connectivity index (χ1n) is 9.01. The summed E-state index contributed by atoms with van der Waals surface area (Å²) in [5.41, 5.74) is 4.89. The van der Waals surface area contributed by atoms with Crippen molar-refractivity contribution in [3.63, 3.8) is 0 Å². The van der Waals surface area contributed by atoms with Crippen molar-refractivity contribution in [1.82, 2.24) is 10.2 Å². The van der Waals surface area contributed by atoms with Gasteiger partial charge in [0.2, 0.25) is 0 Å². The van der Waals surface area contributed by atoms with Gasteiger partial charge in [-0.15, -0.1) is 0 Å². The molecular weight excluding hydrogens is 326 g/mol. The number of anilines is 1. The Morgan fingerprint density at radius 1 is 1.19 bits per heavy atom. The van der Waals surface area contributed by atoms with Gasteiger partial charge in [-0.1, -0.05) is 24.3 Å². The molecule has 0 fully saturated rings. The van der Waals surface area contributed by atoms with Gasteiger partial charge in [0.25, 0.3) is 0 Å². The lowest BCUT2D eigenvalue weighted by Crippen LogP contribution is -2.36. The van der Waals surface area contributed by atoms with Gasteiger partial charge >= 0.3 is 6.03 Å². The van der Waals surface area contributed by atoms with Crippen molar-refractivity contribution in [2.45, 2.75) is 25.9 Å². The number of carbonyl (C=O) groups excluding carboxylic acids is 1. The molecule has 1 aliphatic heterocycles. The number of nitrogens with one attached hydrogen (secondary N) is 1. The third-order valence-corrected chi connectivity index (χ3v) is 4.86. The van der Waals surface area contributed by atoms with E-state index in [1.807, 2.05) is 24.3 Å². The topological polar surface area (TPSA) is 44.8 Å². The highest BCUT2D eigenvalue weighted by Gasteiger charge is 2.14. The number of carbonyl (C=O) groups is 1. The monoisotopic (exact) mass is 353 g/mol. The second-order valence-electron chi connectivity index (χ2n) is 6.85. The van der Waals surface area contributed by atoms with E-state index in [0.29, 0.717) is 13.1 Å². The molecule has 0 unspecified atom stereocenters. The molecule has 0 saturated heterocycles. The molecule has 1 aliphatic rings. The summed E-state index contributed by atoms with van der Waals surface area (Å²) in [6.07, 6.45) is 2.29. The van der Waals surface area contributed by atoms with Gasteiger partial charge in [0.15, 0.2) is 0 Å². The van der Waals surface area contributed by atoms with E-state index >= 15 is 0 Å². The highest BCUT2D eigenvalue weighted by Crippen LogP contribution is 2.26. The molecule has 26 heavy (non-hydrogen) atoms. The van der Waals surface area contributed by atoms with Crippen LogP contribution in [0.4, 0.5) is 10.5 Å². The van der Waals surface area contributed by atoms with Crippen molar-refractivity contribution in [3.8, 4) is 5.75 Å². The third-order valence-electron chi connectivity index (χ3n) is 4.86. The van der Waals surface area contributed by atoms with Crippen molar-refractivity contribution in [2.24, 2.45) is 0 Å². The van der Waals surface area contributed by atoms with E-state index in [4.69, 9.17) is 4.74 Å². The fourth-order valence-corrected chi connectivity index (χ4v) is 3.34. The molecule has 0 bridgehead atoms. The fourth-order valence-electron chi connectivity index (χ4n) is 3.34. The van der Waals surface area contributed by atoms with Crippen LogP contribution < -0.4 is 15.0 Å². The third kappa shape index (κ3) is 4.28. The van der Waals surface area contributed by atoms with Gasteiger partial charge in [0, 0.05) is 39.4 Å². The van der Waals surface area contributed by atoms with Crippen LogP contribution in [0.5, 0.6) is 5.75 Å². The minimum atomic E-state index is -0.0735. The zero-order valence-electron chi connectivity index (χ0n) is 15.8. The first-order chi connectivity index (χ1) is 12.6. The molecule has 5 nitrogen and oxygen atoms in total. The van der Waals surface area contributed by atoms with Gasteiger partial charge in [-0.2, -0.15) is 0 Å². The molecule has 2 aromatic carbocycles. The maximum absolute atomic E-state index is 12.4. The van der Waals surface area contributed by atoms with Gasteiger partial charge in [-0.25, -0.2) is 4.79 Å². The molecule has 0 atom stereocenters. The Labute approximate surface area is 155 Å². The number of hydrogen-bond donors (Lipinski definition) is 1. The lowest BCUT2D eigenvalue weighted by molar-refractivity contribution is 0.206. The average Bonchev–Trinajstić information content (AvgIpc) is 2.66. The Morgan fingerprint density at radius 2 is 1.92 bits per heavy atom. The van der Waals surface area contributed by atoms with Crippen LogP contribution in [0.3, 0.4) is 0 Å². The molecule has 0 spiro atoms. The van der Waals surface area contributed by atoms with E-state index in [0.717, 1.165) is 29.8 Å². The number of urea groups is 1. The molecule has 0 aliphatic carbocycles. The maximum Gasteiger partial charge on any atom is 0.317 e. The smallest absolute Gasteiger partial charge is 0.317 e. The van der Waals surface area contributed by atoms with Crippen LogP contribution in [0.1, 0.15) is 23.1 Å². The number of fused-ring (bicyclic) bond motifs is 1. The zero-order valence-corrected chi connectivity index (χ0v) is 15.8. The lowest BCUT2D eigenvalue weighted by atomic mass is 9.99. The molecule has 138 valence electrons. The fraction of sp³-hybridized carbons (Fsp3) is 0.381. The normalized spacial score (nSPS) is 13.1. The average molecular weight is 353 g/mol. The van der Waals surface area contributed by atoms with E-state index in [1.165, 1.54) is 17.7 Å². The number of rotatable bonds is 5. The number of aryl methyl sites for hydroxylation is 1. The van der Waals surface area contributed by atoms with Crippen LogP contribution in [0.25, 0.3) is 0 Å². The van der Waals surface area contributed by atoms with Gasteiger partial charge in [0.05, 0.1) is 7.11 Å². The van der Waals surface area contributed by atoms with E-state index in [9.17, 15) is 4.79 Å². The van der Waals surface area contributed by atoms with Gasteiger partial charge in [0.1, 0.15) is 5.75 Å². The summed E-state index contributed by atoms with van der Waals surface area (Å²) in [6.45, 7) is 2.22. The minimum Gasteiger partial charge on any atom is -0.497 e. The lowest BCUT2D eigenvalue weighted by Gasteiger charge is -2.28. The minimum absolute atomic E-state index is 0.0735. The van der Waals surface area contributed by atoms with E-state index in [-0.39, 0.29) is 6.03 Å². The molecule has 5 heteroatoms. The predicted octanol–water partition coefficient (Wildman–Crippen LogP) is 3.42. The van der Waals surface area contributed by atoms with Crippen molar-refractivity contribution in [1.29, 1.82) is 0 Å². The van der Waals surface area contributed by atoms with Crippen LogP contribution in [0, 0.1) is 0 Å². The molecule has 1 heterocycles. The molecule has 3 rings (SSSR count). The van der Waals surface area contributed by atoms with Crippen LogP contribution in [0.15, 0.2) is 42.5 Å². The van der Waals surface area contributed by atoms with Crippen LogP contribution in [-0.2, 0) is 19.5 Å². The Kier molecular flexibility index (Phi) is 5.66. The molecular formula is C21H27N3O2. The SMILES string of the molecule is COc1ccc(CN(C)C(=O)NCc2ccc3c(c2)CCCN3C)cc1. The highest BCUT2D eigenvalue weighted by molar-refractivity contribution is 5.74. The number of ether oxygens (including phenoxy) is 1. The summed E-state index contributed by atoms with van der Waals surface area (Å²) in [5, 5.41) is 3.01. The molecule has 2 aromatic rings. The Hall–Kier alpha value is -2.69. The second-order valence-corrected chi connectivity index (χ2v) is 6.85. The highest BCUT2D eigenvalue weighted by atomic mass is 16.5. The van der Waals surface area contributed by atoms with E-state index < -0.39 is 0 Å². The zero-order chi connectivity index (χ0) is 18.5. The number of nitrogens with zero attached hydrogens (tertiary/aromatic N) is 2. The second kappa shape index (κ2) is 8.13. The summed E-state index contributed by atoms with van der Waals surface area (Å²) < 4.78 is 5.16. The van der Waals surface area contributed by atoms with Crippen LogP contribution >= 0.6 is 0 Å². The number of methoxy groups -OCH3 is 1.